The zero-order valence-electron chi connectivity index (χ0n) is 21.9. The third-order valence-corrected chi connectivity index (χ3v) is 9.01. The molecule has 0 bridgehead atoms. The van der Waals surface area contributed by atoms with Crippen molar-refractivity contribution in [1.82, 2.24) is 0 Å². The number of rotatable bonds is 0. The Morgan fingerprint density at radius 3 is 0.833 bits per heavy atom. The quantitative estimate of drug-likeness (QED) is 0.235. The number of hydrogen-bond acceptors (Lipinski definition) is 4. The van der Waals surface area contributed by atoms with Crippen LogP contribution in [0, 0.1) is 0 Å². The van der Waals surface area contributed by atoms with Gasteiger partial charge in [0.25, 0.3) is 0 Å². The van der Waals surface area contributed by atoms with Crippen molar-refractivity contribution in [2.75, 3.05) is 47.4 Å². The molecule has 6 heteroatoms. The topological polar surface area (TPSA) is 13.0 Å². The van der Waals surface area contributed by atoms with E-state index in [0.717, 1.165) is 0 Å². The number of benzene rings is 4. The van der Waals surface area contributed by atoms with Gasteiger partial charge in [-0.1, -0.05) is 48.5 Å². The van der Waals surface area contributed by atoms with E-state index in [2.05, 4.69) is 134 Å². The number of hydrogen-bond donors (Lipinski definition) is 0. The van der Waals surface area contributed by atoms with Crippen LogP contribution >= 0.6 is 0 Å². The molecule has 0 aromatic heterocycles. The predicted molar refractivity (Wildman–Crippen MR) is 159 cm³/mol. The largest absolute Gasteiger partial charge is 0.397 e. The van der Waals surface area contributed by atoms with Crippen LogP contribution in [-0.2, 0) is 0 Å². The molecule has 1 aliphatic carbocycles. The van der Waals surface area contributed by atoms with Gasteiger partial charge in [0.1, 0.15) is 0 Å². The number of anilines is 4. The summed E-state index contributed by atoms with van der Waals surface area (Å²) < 4.78 is 0. The molecule has 0 unspecified atom stereocenters. The van der Waals surface area contributed by atoms with Crippen LogP contribution in [0.25, 0.3) is 44.5 Å². The molecular weight excluding hydrogens is 438 g/mol. The molecule has 0 saturated carbocycles. The second kappa shape index (κ2) is 7.36. The number of nitrogens with zero attached hydrogens (tertiary/aromatic N) is 4. The van der Waals surface area contributed by atoms with Crippen molar-refractivity contribution in [3.05, 3.63) is 72.8 Å². The Balaban J connectivity index is 1.61. The lowest BCUT2D eigenvalue weighted by molar-refractivity contribution is 1.29. The van der Waals surface area contributed by atoms with E-state index in [0.29, 0.717) is 14.0 Å². The van der Waals surface area contributed by atoms with Gasteiger partial charge in [-0.2, -0.15) is 0 Å². The fourth-order valence-electron chi connectivity index (χ4n) is 6.41. The zero-order chi connectivity index (χ0) is 24.9. The maximum atomic E-state index is 2.42. The predicted octanol–water partition coefficient (Wildman–Crippen LogP) is 6.68. The van der Waals surface area contributed by atoms with Crippen molar-refractivity contribution in [1.29, 1.82) is 0 Å². The molecule has 4 nitrogen and oxygen atoms in total. The fourth-order valence-corrected chi connectivity index (χ4v) is 6.41. The van der Waals surface area contributed by atoms with Gasteiger partial charge in [0.2, 0.25) is 0 Å². The maximum absolute atomic E-state index is 2.42. The van der Waals surface area contributed by atoms with E-state index in [1.54, 1.807) is 0 Å². The fraction of sp³-hybridized carbons (Fsp3) is 0.200. The third-order valence-electron chi connectivity index (χ3n) is 9.01. The SMILES string of the molecule is CB1N(C)c2cc3c(cc2N1C)-c1ccccc1-c1cc2c(cc1-c1ccccc1-3)N(C)B(C)N2C. The van der Waals surface area contributed by atoms with Crippen molar-refractivity contribution in [3.63, 3.8) is 0 Å². The summed E-state index contributed by atoms with van der Waals surface area (Å²) in [4.78, 5) is 9.54. The molecule has 36 heavy (non-hydrogen) atoms. The van der Waals surface area contributed by atoms with Crippen molar-refractivity contribution >= 4 is 36.7 Å². The molecule has 0 atom stereocenters. The van der Waals surface area contributed by atoms with Gasteiger partial charge in [-0.25, -0.2) is 0 Å². The first-order valence-corrected chi connectivity index (χ1v) is 12.8. The summed E-state index contributed by atoms with van der Waals surface area (Å²) in [7, 11) is 8.81. The summed E-state index contributed by atoms with van der Waals surface area (Å²) in [6, 6.07) is 27.6. The molecule has 4 aromatic rings. The summed E-state index contributed by atoms with van der Waals surface area (Å²) in [6.07, 6.45) is 0. The lowest BCUT2D eigenvalue weighted by Crippen LogP contribution is -2.41. The van der Waals surface area contributed by atoms with E-state index in [4.69, 9.17) is 0 Å². The van der Waals surface area contributed by atoms with Crippen LogP contribution in [-0.4, -0.2) is 42.2 Å². The summed E-state index contributed by atoms with van der Waals surface area (Å²) in [6.45, 7) is 5.19. The Morgan fingerprint density at radius 2 is 0.611 bits per heavy atom. The van der Waals surface area contributed by atoms with Crippen molar-refractivity contribution < 1.29 is 0 Å². The zero-order valence-corrected chi connectivity index (χ0v) is 21.9. The standard InChI is InChI=1S/C30H30B2N4/c1-31-33(3)27-15-23-19-11-7-9-13-21(19)25-17-29-30(36(6)32(2)35(29)5)18-26(25)22-14-10-8-12-20(22)24(23)16-28(27)34(31)4/h7-18H,1-6H3. The lowest BCUT2D eigenvalue weighted by atomic mass is 9.78. The van der Waals surface area contributed by atoms with Crippen molar-refractivity contribution in [2.24, 2.45) is 0 Å². The molecule has 2 heterocycles. The molecule has 0 saturated heterocycles. The monoisotopic (exact) mass is 468 g/mol. The first-order chi connectivity index (χ1) is 17.4. The van der Waals surface area contributed by atoms with Crippen LogP contribution in [0.1, 0.15) is 0 Å². The third kappa shape index (κ3) is 2.67. The molecule has 0 spiro atoms. The van der Waals surface area contributed by atoms with Crippen molar-refractivity contribution in [2.45, 2.75) is 13.6 Å². The van der Waals surface area contributed by atoms with E-state index in [9.17, 15) is 0 Å². The first-order valence-electron chi connectivity index (χ1n) is 12.8. The molecule has 0 fully saturated rings. The summed E-state index contributed by atoms with van der Waals surface area (Å²) in [5.74, 6) is 0. The Morgan fingerprint density at radius 1 is 0.389 bits per heavy atom. The van der Waals surface area contributed by atoms with Crippen LogP contribution in [0.4, 0.5) is 22.7 Å². The van der Waals surface area contributed by atoms with Crippen LogP contribution in [0.3, 0.4) is 0 Å². The highest BCUT2D eigenvalue weighted by molar-refractivity contribution is 6.69. The Kier molecular flexibility index (Phi) is 4.39. The van der Waals surface area contributed by atoms with Gasteiger partial charge in [0, 0.05) is 22.7 Å². The number of fused-ring (bicyclic) bond motifs is 10. The van der Waals surface area contributed by atoms with Gasteiger partial charge >= 0.3 is 14.0 Å². The Labute approximate surface area is 215 Å². The van der Waals surface area contributed by atoms with E-state index < -0.39 is 0 Å². The lowest BCUT2D eigenvalue weighted by Gasteiger charge is -2.26. The van der Waals surface area contributed by atoms with Gasteiger partial charge < -0.3 is 19.2 Å². The smallest absolute Gasteiger partial charge is 0.371 e. The highest BCUT2D eigenvalue weighted by Gasteiger charge is 2.36. The Bertz CT molecular complexity index is 1340. The maximum Gasteiger partial charge on any atom is 0.371 e. The average molecular weight is 468 g/mol. The minimum atomic E-state index is 0.326. The summed E-state index contributed by atoms with van der Waals surface area (Å²) in [5, 5.41) is 0. The van der Waals surface area contributed by atoms with Crippen LogP contribution < -0.4 is 19.2 Å². The summed E-state index contributed by atoms with van der Waals surface area (Å²) >= 11 is 0. The molecule has 3 aliphatic rings. The van der Waals surface area contributed by atoms with E-state index in [1.807, 2.05) is 0 Å². The van der Waals surface area contributed by atoms with Crippen LogP contribution in [0.15, 0.2) is 72.8 Å². The second-order valence-corrected chi connectivity index (χ2v) is 10.6. The van der Waals surface area contributed by atoms with Crippen LogP contribution in [0.5, 0.6) is 0 Å². The minimum Gasteiger partial charge on any atom is -0.397 e. The molecule has 0 N–H and O–H groups in total. The highest BCUT2D eigenvalue weighted by Crippen LogP contribution is 2.53. The molecule has 4 aromatic carbocycles. The van der Waals surface area contributed by atoms with Crippen LogP contribution in [0.2, 0.25) is 13.6 Å². The molecule has 0 radical (unpaired) electrons. The second-order valence-electron chi connectivity index (χ2n) is 10.6. The molecule has 7 rings (SSSR count). The van der Waals surface area contributed by atoms with Gasteiger partial charge in [-0.15, -0.1) is 0 Å². The Hall–Kier alpha value is -3.79. The summed E-state index contributed by atoms with van der Waals surface area (Å²) in [5.41, 5.74) is 15.6. The van der Waals surface area contributed by atoms with Crippen molar-refractivity contribution in [3.8, 4) is 44.5 Å². The van der Waals surface area contributed by atoms with Gasteiger partial charge in [0.15, 0.2) is 0 Å². The highest BCUT2D eigenvalue weighted by atomic mass is 15.3. The minimum absolute atomic E-state index is 0.326. The molecule has 2 aliphatic heterocycles. The van der Waals surface area contributed by atoms with Gasteiger partial charge in [-0.3, -0.25) is 0 Å². The van der Waals surface area contributed by atoms with E-state index in [-0.39, 0.29) is 0 Å². The molecule has 176 valence electrons. The molecule has 0 amide bonds. The van der Waals surface area contributed by atoms with Gasteiger partial charge in [0.05, 0.1) is 0 Å². The first kappa shape index (κ1) is 21.5. The normalized spacial score (nSPS) is 15.2. The van der Waals surface area contributed by atoms with E-state index >= 15 is 0 Å². The average Bonchev–Trinajstić information content (AvgIpc) is 3.25. The van der Waals surface area contributed by atoms with Gasteiger partial charge in [-0.05, 0) is 111 Å². The van der Waals surface area contributed by atoms with E-state index in [1.165, 1.54) is 67.3 Å². The molecular formula is C30H30B2N4.